The number of amides is 3. The van der Waals surface area contributed by atoms with Crippen LogP contribution in [0.5, 0.6) is 5.88 Å². The molecule has 7 rings (SSSR count). The van der Waals surface area contributed by atoms with E-state index >= 15 is 0 Å². The number of ether oxygens (including phenoxy) is 1. The number of benzene rings is 1. The molecule has 1 atom stereocenters. The monoisotopic (exact) mass is 759 g/mol. The second-order valence-corrected chi connectivity index (χ2v) is 14.7. The molecule has 2 fully saturated rings. The van der Waals surface area contributed by atoms with E-state index < -0.39 is 5.91 Å². The van der Waals surface area contributed by atoms with Gasteiger partial charge < -0.3 is 35.1 Å². The van der Waals surface area contributed by atoms with Crippen molar-refractivity contribution in [2.75, 3.05) is 45.7 Å². The molecular formula is C38H43Cl2N9O4. The summed E-state index contributed by atoms with van der Waals surface area (Å²) in [6, 6.07) is 11.0. The topological polar surface area (TPSA) is 147 Å². The predicted molar refractivity (Wildman–Crippen MR) is 203 cm³/mol. The molecular weight excluding hydrogens is 717 g/mol. The summed E-state index contributed by atoms with van der Waals surface area (Å²) in [6.07, 6.45) is 5.36. The van der Waals surface area contributed by atoms with Crippen LogP contribution in [0, 0.1) is 5.92 Å². The highest BCUT2D eigenvalue weighted by Gasteiger charge is 2.32. The van der Waals surface area contributed by atoms with E-state index in [-0.39, 0.29) is 34.6 Å². The van der Waals surface area contributed by atoms with Crippen LogP contribution in [0.4, 0.5) is 5.69 Å². The maximum Gasteiger partial charge on any atom is 0.291 e. The van der Waals surface area contributed by atoms with E-state index in [2.05, 4.69) is 32.9 Å². The van der Waals surface area contributed by atoms with Crippen LogP contribution in [0.1, 0.15) is 53.3 Å². The summed E-state index contributed by atoms with van der Waals surface area (Å²) in [5.74, 6) is 0.569. The largest absolute Gasteiger partial charge is 0.481 e. The number of rotatable bonds is 10. The van der Waals surface area contributed by atoms with Crippen molar-refractivity contribution in [3.05, 3.63) is 75.4 Å². The quantitative estimate of drug-likeness (QED) is 0.209. The molecule has 4 aromatic rings. The first kappa shape index (κ1) is 36.8. The number of piperidine rings is 1. The average Bonchev–Trinajstić information content (AvgIpc) is 3.74. The molecule has 13 nitrogen and oxygen atoms in total. The lowest BCUT2D eigenvalue weighted by Crippen LogP contribution is -2.43. The first-order chi connectivity index (χ1) is 25.6. The molecule has 3 amide bonds. The molecule has 0 aliphatic carbocycles. The van der Waals surface area contributed by atoms with E-state index in [0.29, 0.717) is 78.1 Å². The number of carbonyl (C=O) groups is 3. The Morgan fingerprint density at radius 3 is 2.55 bits per heavy atom. The summed E-state index contributed by atoms with van der Waals surface area (Å²) in [6.45, 7) is 4.00. The Labute approximate surface area is 318 Å². The molecule has 15 heteroatoms. The van der Waals surface area contributed by atoms with Crippen molar-refractivity contribution < 1.29 is 19.1 Å². The number of nitrogens with one attached hydrogen (secondary N) is 3. The number of pyridine rings is 2. The Kier molecular flexibility index (Phi) is 11.0. The van der Waals surface area contributed by atoms with Gasteiger partial charge in [0.2, 0.25) is 17.7 Å². The number of imidazole rings is 1. The molecule has 3 aromatic heterocycles. The Hall–Kier alpha value is -4.56. The van der Waals surface area contributed by atoms with Crippen LogP contribution < -0.4 is 20.7 Å². The van der Waals surface area contributed by atoms with Crippen molar-refractivity contribution in [2.24, 2.45) is 13.0 Å². The van der Waals surface area contributed by atoms with Gasteiger partial charge in [-0.25, -0.2) is 9.97 Å². The highest BCUT2D eigenvalue weighted by molar-refractivity contribution is 6.39. The van der Waals surface area contributed by atoms with Crippen molar-refractivity contribution in [1.82, 2.24) is 40.0 Å². The van der Waals surface area contributed by atoms with Gasteiger partial charge in [0, 0.05) is 80.1 Å². The Morgan fingerprint density at radius 2 is 1.79 bits per heavy atom. The molecule has 0 unspecified atom stereocenters. The van der Waals surface area contributed by atoms with Crippen molar-refractivity contribution >= 4 is 46.6 Å². The summed E-state index contributed by atoms with van der Waals surface area (Å²) < 4.78 is 7.43. The van der Waals surface area contributed by atoms with E-state index in [1.165, 1.54) is 0 Å². The summed E-state index contributed by atoms with van der Waals surface area (Å²) in [7, 11) is 5.48. The van der Waals surface area contributed by atoms with Crippen LogP contribution in [0.15, 0.2) is 42.6 Å². The van der Waals surface area contributed by atoms with Crippen molar-refractivity contribution in [3.63, 3.8) is 0 Å². The van der Waals surface area contributed by atoms with Crippen LogP contribution in [-0.2, 0) is 36.1 Å². The second kappa shape index (κ2) is 15.8. The number of likely N-dealkylation sites (tertiary alicyclic amines) is 1. The van der Waals surface area contributed by atoms with Crippen molar-refractivity contribution in [2.45, 2.75) is 51.2 Å². The van der Waals surface area contributed by atoms with E-state index in [0.717, 1.165) is 49.3 Å². The van der Waals surface area contributed by atoms with Gasteiger partial charge in [0.25, 0.3) is 5.91 Å². The predicted octanol–water partition coefficient (Wildman–Crippen LogP) is 4.71. The van der Waals surface area contributed by atoms with Crippen LogP contribution in [0.25, 0.3) is 22.5 Å². The number of methoxy groups -OCH3 is 1. The number of carbonyl (C=O) groups excluding carboxylic acids is 3. The number of nitrogens with zero attached hydrogens (tertiary/aromatic N) is 6. The van der Waals surface area contributed by atoms with Gasteiger partial charge in [0.15, 0.2) is 5.82 Å². The number of aromatic nitrogens is 4. The highest BCUT2D eigenvalue weighted by atomic mass is 35.5. The maximum absolute atomic E-state index is 13.7. The molecule has 3 aliphatic heterocycles. The smallest absolute Gasteiger partial charge is 0.291 e. The lowest BCUT2D eigenvalue weighted by molar-refractivity contribution is -0.138. The zero-order valence-electron chi connectivity index (χ0n) is 30.0. The minimum atomic E-state index is -0.416. The van der Waals surface area contributed by atoms with Gasteiger partial charge in [-0.3, -0.25) is 19.4 Å². The molecule has 3 N–H and O–H groups in total. The number of hydrogen-bond acceptors (Lipinski definition) is 9. The number of halogens is 2. The number of hydrogen-bond donors (Lipinski definition) is 3. The van der Waals surface area contributed by atoms with Gasteiger partial charge in [-0.1, -0.05) is 41.4 Å². The van der Waals surface area contributed by atoms with Crippen molar-refractivity contribution in [3.8, 4) is 28.4 Å². The second-order valence-electron chi connectivity index (χ2n) is 13.9. The zero-order valence-corrected chi connectivity index (χ0v) is 31.6. The summed E-state index contributed by atoms with van der Waals surface area (Å²) in [5, 5.41) is 9.88. The third-order valence-corrected chi connectivity index (χ3v) is 11.2. The molecule has 2 saturated heterocycles. The number of anilines is 1. The van der Waals surface area contributed by atoms with Gasteiger partial charge >= 0.3 is 0 Å². The highest BCUT2D eigenvalue weighted by Crippen LogP contribution is 2.40. The van der Waals surface area contributed by atoms with E-state index in [1.54, 1.807) is 42.1 Å². The fourth-order valence-corrected chi connectivity index (χ4v) is 7.97. The van der Waals surface area contributed by atoms with Crippen LogP contribution in [-0.4, -0.2) is 93.4 Å². The molecule has 3 aliphatic rings. The van der Waals surface area contributed by atoms with Gasteiger partial charge in [-0.05, 0) is 57.6 Å². The molecule has 53 heavy (non-hydrogen) atoms. The Balaban J connectivity index is 1.06. The van der Waals surface area contributed by atoms with Crippen LogP contribution >= 0.6 is 23.2 Å². The van der Waals surface area contributed by atoms with E-state index in [4.69, 9.17) is 37.9 Å². The molecule has 278 valence electrons. The Morgan fingerprint density at radius 1 is 0.981 bits per heavy atom. The molecule has 0 radical (unpaired) electrons. The molecule has 0 bridgehead atoms. The van der Waals surface area contributed by atoms with Gasteiger partial charge in [-0.2, -0.15) is 0 Å². The maximum atomic E-state index is 13.7. The summed E-state index contributed by atoms with van der Waals surface area (Å²) in [5.41, 5.74) is 5.12. The zero-order chi connectivity index (χ0) is 37.2. The number of fused-ring (bicyclic) bond motifs is 1. The van der Waals surface area contributed by atoms with Gasteiger partial charge in [0.1, 0.15) is 0 Å². The van der Waals surface area contributed by atoms with Crippen LogP contribution in [0.2, 0.25) is 10.0 Å². The van der Waals surface area contributed by atoms with Gasteiger partial charge in [0.05, 0.1) is 46.5 Å². The molecule has 0 spiro atoms. The normalized spacial score (nSPS) is 17.8. The minimum Gasteiger partial charge on any atom is -0.481 e. The lowest BCUT2D eigenvalue weighted by Gasteiger charge is -2.34. The van der Waals surface area contributed by atoms with E-state index in [1.807, 2.05) is 24.1 Å². The molecule has 6 heterocycles. The van der Waals surface area contributed by atoms with E-state index in [9.17, 15) is 14.4 Å². The molecule has 0 saturated carbocycles. The molecule has 1 aromatic carbocycles. The lowest BCUT2D eigenvalue weighted by atomic mass is 9.95. The fourth-order valence-electron chi connectivity index (χ4n) is 7.39. The fraction of sp³-hybridized carbons (Fsp3) is 0.421. The first-order valence-corrected chi connectivity index (χ1v) is 18.7. The third kappa shape index (κ3) is 7.75. The standard InChI is InChI=1S/C38H43Cl2N9O4/c1-47-16-12-22(13-17-47)38(52)49-18-14-30-29(21-49)44-35(48(30)2)36(51)45-28-6-4-5-26(32(28)39)34-33(40)25(11-15-42-34)27-9-7-23(37(46-27)53-3)19-41-20-24-8-10-31(50)43-24/h4-7,9,11,15,22,24,41H,8,10,12-14,16-21H2,1-3H3,(H,43,50)(H,45,51)/t24-/m1/s1. The van der Waals surface area contributed by atoms with Crippen molar-refractivity contribution in [1.29, 1.82) is 0 Å². The third-order valence-electron chi connectivity index (χ3n) is 10.4. The first-order valence-electron chi connectivity index (χ1n) is 17.9. The SMILES string of the molecule is COc1nc(-c2ccnc(-c3cccc(NC(=O)c4nc5c(n4C)CCN(C(=O)C4CCN(C)CC4)C5)c3Cl)c2Cl)ccc1CNC[C@H]1CCC(=O)N1. The van der Waals surface area contributed by atoms with Gasteiger partial charge in [-0.15, -0.1) is 0 Å². The summed E-state index contributed by atoms with van der Waals surface area (Å²) >= 11 is 13.9. The summed E-state index contributed by atoms with van der Waals surface area (Å²) in [4.78, 5) is 56.6. The Bertz CT molecular complexity index is 2050. The minimum absolute atomic E-state index is 0.0315. The average molecular weight is 761 g/mol. The van der Waals surface area contributed by atoms with Crippen LogP contribution in [0.3, 0.4) is 0 Å².